The van der Waals surface area contributed by atoms with Crippen molar-refractivity contribution < 1.29 is 28.6 Å². The molecule has 0 spiro atoms. The molecule has 0 bridgehead atoms. The van der Waals surface area contributed by atoms with Gasteiger partial charge in [-0.2, -0.15) is 0 Å². The Hall–Kier alpha value is -4.80. The molecule has 0 fully saturated rings. The van der Waals surface area contributed by atoms with Crippen molar-refractivity contribution in [1.29, 1.82) is 0 Å². The number of Topliss-reactive ketones (excluding diaryl/α,β-unsaturated/α-hetero) is 1. The van der Waals surface area contributed by atoms with Crippen molar-refractivity contribution in [3.63, 3.8) is 0 Å². The van der Waals surface area contributed by atoms with Gasteiger partial charge in [-0.3, -0.25) is 14.4 Å². The molecule has 3 aromatic carbocycles. The fraction of sp³-hybridized carbons (Fsp3) is 0.286. The third kappa shape index (κ3) is 8.89. The Bertz CT molecular complexity index is 1760. The standard InChI is InChI=1S/C35H36ClN3O7/c1-22(40)27-16-13-25(36)20-28(27)29-21-31(41)39(38-33(29)45-18-17-44-5)30(19-23-9-7-6-8-10-23)32(42)37-26-14-11-24(12-15-26)34(43)46-35(2,3)4/h6-16,20-21,30H,17-19H2,1-5H3,(H,37,42). The van der Waals surface area contributed by atoms with Crippen molar-refractivity contribution in [2.75, 3.05) is 25.6 Å². The van der Waals surface area contributed by atoms with E-state index in [1.165, 1.54) is 20.1 Å². The second kappa shape index (κ2) is 15.0. The van der Waals surface area contributed by atoms with Gasteiger partial charge in [0.25, 0.3) is 5.56 Å². The number of aromatic nitrogens is 2. The Labute approximate surface area is 272 Å². The first-order valence-corrected chi connectivity index (χ1v) is 15.0. The Kier molecular flexibility index (Phi) is 11.1. The number of amides is 1. The second-order valence-electron chi connectivity index (χ2n) is 11.5. The highest BCUT2D eigenvalue weighted by molar-refractivity contribution is 6.31. The molecular formula is C35H36ClN3O7. The number of hydrogen-bond acceptors (Lipinski definition) is 8. The van der Waals surface area contributed by atoms with E-state index in [0.717, 1.165) is 10.2 Å². The van der Waals surface area contributed by atoms with Crippen LogP contribution in [0, 0.1) is 0 Å². The Balaban J connectivity index is 1.76. The smallest absolute Gasteiger partial charge is 0.338 e. The lowest BCUT2D eigenvalue weighted by molar-refractivity contribution is -0.119. The maximum Gasteiger partial charge on any atom is 0.338 e. The number of nitrogens with one attached hydrogen (secondary N) is 1. The van der Waals surface area contributed by atoms with E-state index >= 15 is 0 Å². The lowest BCUT2D eigenvalue weighted by atomic mass is 9.98. The minimum atomic E-state index is -1.11. The van der Waals surface area contributed by atoms with Crippen LogP contribution in [0.1, 0.15) is 60.0 Å². The quantitative estimate of drug-likeness (QED) is 0.110. The van der Waals surface area contributed by atoms with E-state index in [1.807, 2.05) is 30.3 Å². The summed E-state index contributed by atoms with van der Waals surface area (Å²) in [6.07, 6.45) is 0.127. The van der Waals surface area contributed by atoms with Gasteiger partial charge in [-0.15, -0.1) is 5.10 Å². The molecular weight excluding hydrogens is 610 g/mol. The average molecular weight is 646 g/mol. The molecule has 46 heavy (non-hydrogen) atoms. The van der Waals surface area contributed by atoms with Crippen molar-refractivity contribution in [1.82, 2.24) is 9.78 Å². The lowest BCUT2D eigenvalue weighted by Gasteiger charge is -2.21. The van der Waals surface area contributed by atoms with Gasteiger partial charge < -0.3 is 19.5 Å². The summed E-state index contributed by atoms with van der Waals surface area (Å²) in [4.78, 5) is 52.6. The first-order chi connectivity index (χ1) is 21.9. The van der Waals surface area contributed by atoms with E-state index < -0.39 is 29.1 Å². The fourth-order valence-corrected chi connectivity index (χ4v) is 4.80. The van der Waals surface area contributed by atoms with E-state index in [-0.39, 0.29) is 36.9 Å². The summed E-state index contributed by atoms with van der Waals surface area (Å²) in [6, 6.07) is 20.4. The number of halogens is 1. The molecule has 240 valence electrons. The van der Waals surface area contributed by atoms with E-state index in [9.17, 15) is 19.2 Å². The highest BCUT2D eigenvalue weighted by atomic mass is 35.5. The minimum Gasteiger partial charge on any atom is -0.474 e. The largest absolute Gasteiger partial charge is 0.474 e. The Morgan fingerprint density at radius 3 is 2.26 bits per heavy atom. The number of anilines is 1. The number of esters is 1. The van der Waals surface area contributed by atoms with Crippen LogP contribution in [0.2, 0.25) is 5.02 Å². The molecule has 0 radical (unpaired) electrons. The molecule has 10 nitrogen and oxygen atoms in total. The van der Waals surface area contributed by atoms with Gasteiger partial charge in [-0.25, -0.2) is 9.48 Å². The number of rotatable bonds is 12. The van der Waals surface area contributed by atoms with Crippen LogP contribution in [0.25, 0.3) is 11.1 Å². The number of ketones is 1. The topological polar surface area (TPSA) is 126 Å². The van der Waals surface area contributed by atoms with Crippen LogP contribution in [0.4, 0.5) is 5.69 Å². The van der Waals surface area contributed by atoms with Crippen molar-refractivity contribution in [2.24, 2.45) is 0 Å². The van der Waals surface area contributed by atoms with Gasteiger partial charge >= 0.3 is 5.97 Å². The van der Waals surface area contributed by atoms with Crippen LogP contribution in [-0.2, 0) is 20.7 Å². The van der Waals surface area contributed by atoms with Crippen LogP contribution in [0.15, 0.2) is 83.7 Å². The number of carbonyl (C=O) groups is 3. The molecule has 1 heterocycles. The molecule has 1 amide bonds. The van der Waals surface area contributed by atoms with Gasteiger partial charge in [0.05, 0.1) is 17.7 Å². The Morgan fingerprint density at radius 1 is 0.935 bits per heavy atom. The summed E-state index contributed by atoms with van der Waals surface area (Å²) in [6.45, 7) is 7.06. The van der Waals surface area contributed by atoms with E-state index in [4.69, 9.17) is 25.8 Å². The van der Waals surface area contributed by atoms with E-state index in [2.05, 4.69) is 10.4 Å². The highest BCUT2D eigenvalue weighted by Gasteiger charge is 2.27. The number of methoxy groups -OCH3 is 1. The van der Waals surface area contributed by atoms with Crippen LogP contribution >= 0.6 is 11.6 Å². The average Bonchev–Trinajstić information content (AvgIpc) is 3.00. The third-order valence-electron chi connectivity index (χ3n) is 6.76. The van der Waals surface area contributed by atoms with Crippen LogP contribution < -0.4 is 15.6 Å². The van der Waals surface area contributed by atoms with Gasteiger partial charge in [0.1, 0.15) is 18.2 Å². The summed E-state index contributed by atoms with van der Waals surface area (Å²) in [5, 5.41) is 7.72. The van der Waals surface area contributed by atoms with Crippen LogP contribution in [-0.4, -0.2) is 53.4 Å². The molecule has 1 N–H and O–H groups in total. The van der Waals surface area contributed by atoms with Gasteiger partial charge in [0.2, 0.25) is 11.8 Å². The second-order valence-corrected chi connectivity index (χ2v) is 11.9. The highest BCUT2D eigenvalue weighted by Crippen LogP contribution is 2.33. The monoisotopic (exact) mass is 645 g/mol. The van der Waals surface area contributed by atoms with E-state index in [1.54, 1.807) is 63.2 Å². The van der Waals surface area contributed by atoms with Crippen LogP contribution in [0.3, 0.4) is 0 Å². The summed E-state index contributed by atoms with van der Waals surface area (Å²) < 4.78 is 17.6. The van der Waals surface area contributed by atoms with Crippen molar-refractivity contribution in [3.05, 3.63) is 111 Å². The number of hydrogen-bond donors (Lipinski definition) is 1. The predicted molar refractivity (Wildman–Crippen MR) is 176 cm³/mol. The zero-order chi connectivity index (χ0) is 33.4. The van der Waals surface area contributed by atoms with Crippen molar-refractivity contribution in [3.8, 4) is 17.0 Å². The van der Waals surface area contributed by atoms with Gasteiger partial charge in [-0.05, 0) is 81.3 Å². The molecule has 0 saturated heterocycles. The molecule has 4 rings (SSSR count). The summed E-state index contributed by atoms with van der Waals surface area (Å²) in [5.74, 6) is -1.23. The molecule has 1 atom stereocenters. The normalized spacial score (nSPS) is 11.9. The third-order valence-corrected chi connectivity index (χ3v) is 6.99. The maximum absolute atomic E-state index is 13.9. The van der Waals surface area contributed by atoms with E-state index in [0.29, 0.717) is 27.4 Å². The number of benzene rings is 3. The van der Waals surface area contributed by atoms with Crippen LogP contribution in [0.5, 0.6) is 5.88 Å². The zero-order valence-corrected chi connectivity index (χ0v) is 27.1. The molecule has 0 aliphatic heterocycles. The van der Waals surface area contributed by atoms with Crippen molar-refractivity contribution in [2.45, 2.75) is 45.8 Å². The fourth-order valence-electron chi connectivity index (χ4n) is 4.62. The molecule has 0 aliphatic carbocycles. The van der Waals surface area contributed by atoms with Gasteiger partial charge in [0, 0.05) is 35.9 Å². The molecule has 1 aromatic heterocycles. The number of carbonyl (C=O) groups excluding carboxylic acids is 3. The first kappa shape index (κ1) is 34.1. The predicted octanol–water partition coefficient (Wildman–Crippen LogP) is 6.17. The molecule has 0 aliphatic rings. The number of ether oxygens (including phenoxy) is 3. The molecule has 0 saturated carbocycles. The lowest BCUT2D eigenvalue weighted by Crippen LogP contribution is -2.36. The number of nitrogens with zero attached hydrogens (tertiary/aromatic N) is 2. The van der Waals surface area contributed by atoms with Gasteiger partial charge in [0.15, 0.2) is 5.78 Å². The molecule has 1 unspecified atom stereocenters. The zero-order valence-electron chi connectivity index (χ0n) is 26.3. The summed E-state index contributed by atoms with van der Waals surface area (Å²) >= 11 is 6.28. The molecule has 11 heteroatoms. The Morgan fingerprint density at radius 2 is 1.63 bits per heavy atom. The first-order valence-electron chi connectivity index (χ1n) is 14.6. The minimum absolute atomic E-state index is 0.0222. The van der Waals surface area contributed by atoms with Gasteiger partial charge in [-0.1, -0.05) is 41.9 Å². The molecule has 4 aromatic rings. The maximum atomic E-state index is 13.9. The summed E-state index contributed by atoms with van der Waals surface area (Å²) in [5.41, 5.74) is 1.22. The SMILES string of the molecule is COCCOc1nn(C(Cc2ccccc2)C(=O)Nc2ccc(C(=O)OC(C)(C)C)cc2)c(=O)cc1-c1cc(Cl)ccc1C(C)=O. The summed E-state index contributed by atoms with van der Waals surface area (Å²) in [7, 11) is 1.52. The van der Waals surface area contributed by atoms with Crippen molar-refractivity contribution >= 4 is 34.9 Å².